The largest absolute Gasteiger partial charge is 0.478 e. The van der Waals surface area contributed by atoms with Crippen molar-refractivity contribution >= 4 is 28.3 Å². The maximum absolute atomic E-state index is 11.3. The maximum Gasteiger partial charge on any atom is 0.338 e. The highest BCUT2D eigenvalue weighted by molar-refractivity contribution is 7.14. The molecule has 0 atom stereocenters. The second kappa shape index (κ2) is 5.92. The van der Waals surface area contributed by atoms with E-state index in [9.17, 15) is 9.59 Å². The Morgan fingerprint density at radius 3 is 2.94 bits per heavy atom. The van der Waals surface area contributed by atoms with Gasteiger partial charge in [0.2, 0.25) is 0 Å². The molecule has 16 heavy (non-hydrogen) atoms. The van der Waals surface area contributed by atoms with E-state index in [1.165, 1.54) is 17.4 Å². The summed E-state index contributed by atoms with van der Waals surface area (Å²) in [6.45, 7) is 4.00. The van der Waals surface area contributed by atoms with Crippen molar-refractivity contribution in [3.05, 3.63) is 29.7 Å². The Morgan fingerprint density at radius 2 is 2.31 bits per heavy atom. The smallest absolute Gasteiger partial charge is 0.338 e. The molecule has 1 aromatic heterocycles. The average Bonchev–Trinajstić information content (AvgIpc) is 2.66. The molecule has 0 aliphatic carbocycles. The van der Waals surface area contributed by atoms with Crippen molar-refractivity contribution < 1.29 is 14.7 Å². The van der Waals surface area contributed by atoms with Gasteiger partial charge in [0.05, 0.1) is 5.56 Å². The predicted molar refractivity (Wildman–Crippen MR) is 63.1 cm³/mol. The highest BCUT2D eigenvalue weighted by Gasteiger charge is 2.13. The first-order valence-corrected chi connectivity index (χ1v) is 5.49. The zero-order valence-corrected chi connectivity index (χ0v) is 9.34. The molecule has 0 unspecified atom stereocenters. The van der Waals surface area contributed by atoms with Gasteiger partial charge in [0, 0.05) is 6.54 Å². The van der Waals surface area contributed by atoms with Gasteiger partial charge in [-0.25, -0.2) is 9.59 Å². The molecule has 86 valence electrons. The number of nitrogens with one attached hydrogen (secondary N) is 2. The Labute approximate surface area is 96.8 Å². The summed E-state index contributed by atoms with van der Waals surface area (Å²) in [5.74, 6) is -1.05. The number of carboxylic acids is 1. The van der Waals surface area contributed by atoms with Crippen LogP contribution < -0.4 is 10.6 Å². The third-order valence-corrected chi connectivity index (χ3v) is 2.59. The number of carbonyl (C=O) groups excluding carboxylic acids is 1. The molecule has 0 spiro atoms. The molecule has 2 amide bonds. The molecule has 0 aromatic carbocycles. The van der Waals surface area contributed by atoms with Crippen molar-refractivity contribution in [1.29, 1.82) is 0 Å². The van der Waals surface area contributed by atoms with Crippen molar-refractivity contribution in [2.75, 3.05) is 11.9 Å². The van der Waals surface area contributed by atoms with Crippen LogP contribution in [0.4, 0.5) is 9.80 Å². The summed E-state index contributed by atoms with van der Waals surface area (Å²) in [6, 6.07) is 1.04. The molecule has 0 bridgehead atoms. The highest BCUT2D eigenvalue weighted by Crippen LogP contribution is 2.22. The van der Waals surface area contributed by atoms with Crippen LogP contribution >= 0.6 is 11.3 Å². The van der Waals surface area contributed by atoms with Crippen molar-refractivity contribution in [3.63, 3.8) is 0 Å². The number of rotatable bonds is 5. The third kappa shape index (κ3) is 3.39. The average molecular weight is 240 g/mol. The van der Waals surface area contributed by atoms with E-state index in [1.54, 1.807) is 11.5 Å². The van der Waals surface area contributed by atoms with Crippen molar-refractivity contribution in [2.24, 2.45) is 0 Å². The lowest BCUT2D eigenvalue weighted by molar-refractivity contribution is 0.0698. The van der Waals surface area contributed by atoms with Crippen LogP contribution in [0.2, 0.25) is 0 Å². The fraction of sp³-hybridized carbons (Fsp3) is 0.200. The summed E-state index contributed by atoms with van der Waals surface area (Å²) >= 11 is 1.17. The quantitative estimate of drug-likeness (QED) is 0.545. The standard InChI is InChI=1S/C10H12N2O3S/c1-2-3-5-11-10(15)12-8-7(9(13)14)4-6-16-8/h2,4,6H,1,3,5H2,(H,13,14)(H2,11,12,15). The summed E-state index contributed by atoms with van der Waals surface area (Å²) in [6.07, 6.45) is 2.36. The van der Waals surface area contributed by atoms with Crippen LogP contribution in [-0.4, -0.2) is 23.7 Å². The number of urea groups is 1. The first-order valence-electron chi connectivity index (χ1n) is 4.61. The Morgan fingerprint density at radius 1 is 1.56 bits per heavy atom. The molecular formula is C10H12N2O3S. The molecule has 3 N–H and O–H groups in total. The molecule has 0 aliphatic heterocycles. The van der Waals surface area contributed by atoms with Gasteiger partial charge < -0.3 is 10.4 Å². The molecule has 1 heterocycles. The minimum Gasteiger partial charge on any atom is -0.478 e. The lowest BCUT2D eigenvalue weighted by Crippen LogP contribution is -2.29. The minimum atomic E-state index is -1.05. The summed E-state index contributed by atoms with van der Waals surface area (Å²) in [5.41, 5.74) is 0.101. The van der Waals surface area contributed by atoms with Crippen molar-refractivity contribution in [2.45, 2.75) is 6.42 Å². The third-order valence-electron chi connectivity index (χ3n) is 1.76. The van der Waals surface area contributed by atoms with Gasteiger partial charge in [-0.05, 0) is 17.9 Å². The van der Waals surface area contributed by atoms with E-state index in [-0.39, 0.29) is 5.56 Å². The zero-order chi connectivity index (χ0) is 12.0. The van der Waals surface area contributed by atoms with E-state index in [0.717, 1.165) is 0 Å². The zero-order valence-electron chi connectivity index (χ0n) is 8.53. The van der Waals surface area contributed by atoms with E-state index in [4.69, 9.17) is 5.11 Å². The van der Waals surface area contributed by atoms with Gasteiger partial charge in [-0.15, -0.1) is 17.9 Å². The lowest BCUT2D eigenvalue weighted by Gasteiger charge is -2.05. The van der Waals surface area contributed by atoms with Crippen LogP contribution in [0.1, 0.15) is 16.8 Å². The van der Waals surface area contributed by atoms with Gasteiger partial charge in [-0.1, -0.05) is 6.08 Å². The van der Waals surface area contributed by atoms with Crippen LogP contribution in [0.5, 0.6) is 0 Å². The Kier molecular flexibility index (Phi) is 4.53. The minimum absolute atomic E-state index is 0.101. The molecule has 0 aliphatic rings. The fourth-order valence-corrected chi connectivity index (χ4v) is 1.78. The normalized spacial score (nSPS) is 9.50. The molecule has 5 nitrogen and oxygen atoms in total. The van der Waals surface area contributed by atoms with Crippen molar-refractivity contribution in [1.82, 2.24) is 5.32 Å². The van der Waals surface area contributed by atoms with Gasteiger partial charge in [0.15, 0.2) is 0 Å². The molecular weight excluding hydrogens is 228 g/mol. The SMILES string of the molecule is C=CCCNC(=O)Nc1sccc1C(=O)O. The van der Waals surface area contributed by atoms with Gasteiger partial charge >= 0.3 is 12.0 Å². The van der Waals surface area contributed by atoms with Gasteiger partial charge in [0.25, 0.3) is 0 Å². The predicted octanol–water partition coefficient (Wildman–Crippen LogP) is 2.14. The highest BCUT2D eigenvalue weighted by atomic mass is 32.1. The molecule has 1 rings (SSSR count). The van der Waals surface area contributed by atoms with Gasteiger partial charge in [-0.2, -0.15) is 0 Å². The molecule has 0 radical (unpaired) electrons. The van der Waals surface area contributed by atoms with Crippen LogP contribution in [0, 0.1) is 0 Å². The van der Waals surface area contributed by atoms with E-state index < -0.39 is 12.0 Å². The molecule has 0 saturated carbocycles. The second-order valence-electron chi connectivity index (χ2n) is 2.93. The monoisotopic (exact) mass is 240 g/mol. The van der Waals surface area contributed by atoms with Crippen LogP contribution in [-0.2, 0) is 0 Å². The number of thiophene rings is 1. The number of anilines is 1. The van der Waals surface area contributed by atoms with Crippen molar-refractivity contribution in [3.8, 4) is 0 Å². The summed E-state index contributed by atoms with van der Waals surface area (Å²) < 4.78 is 0. The van der Waals surface area contributed by atoms with E-state index in [1.807, 2.05) is 0 Å². The Hall–Kier alpha value is -1.82. The molecule has 6 heteroatoms. The summed E-state index contributed by atoms with van der Waals surface area (Å²) in [4.78, 5) is 22.1. The fourth-order valence-electron chi connectivity index (χ4n) is 1.01. The number of amides is 2. The Bertz CT molecular complexity index is 401. The topological polar surface area (TPSA) is 78.4 Å². The number of hydrogen-bond acceptors (Lipinski definition) is 3. The first-order chi connectivity index (χ1) is 7.65. The van der Waals surface area contributed by atoms with Crippen LogP contribution in [0.3, 0.4) is 0 Å². The number of carbonyl (C=O) groups is 2. The van der Waals surface area contributed by atoms with E-state index in [0.29, 0.717) is 18.0 Å². The van der Waals surface area contributed by atoms with Gasteiger partial charge in [0.1, 0.15) is 5.00 Å². The number of carboxylic acid groups (broad SMARTS) is 1. The Balaban J connectivity index is 2.52. The number of aromatic carboxylic acids is 1. The second-order valence-corrected chi connectivity index (χ2v) is 3.84. The maximum atomic E-state index is 11.3. The summed E-state index contributed by atoms with van der Waals surface area (Å²) in [5, 5.41) is 15.8. The molecule has 1 aromatic rings. The molecule has 0 fully saturated rings. The van der Waals surface area contributed by atoms with Crippen LogP contribution in [0.15, 0.2) is 24.1 Å². The van der Waals surface area contributed by atoms with E-state index in [2.05, 4.69) is 17.2 Å². The van der Waals surface area contributed by atoms with Gasteiger partial charge in [-0.3, -0.25) is 5.32 Å². The summed E-state index contributed by atoms with van der Waals surface area (Å²) in [7, 11) is 0. The van der Waals surface area contributed by atoms with Crippen LogP contribution in [0.25, 0.3) is 0 Å². The first kappa shape index (κ1) is 12.3. The number of hydrogen-bond donors (Lipinski definition) is 3. The molecule has 0 saturated heterocycles. The van der Waals surface area contributed by atoms with E-state index >= 15 is 0 Å². The lowest BCUT2D eigenvalue weighted by atomic mass is 10.3.